The fourth-order valence-corrected chi connectivity index (χ4v) is 2.35. The van der Waals surface area contributed by atoms with Crippen molar-refractivity contribution >= 4 is 11.7 Å². The monoisotopic (exact) mass is 280 g/mol. The van der Waals surface area contributed by atoms with Crippen LogP contribution in [0.2, 0.25) is 0 Å². The molecule has 1 aromatic carbocycles. The van der Waals surface area contributed by atoms with E-state index in [0.29, 0.717) is 23.7 Å². The molecule has 4 nitrogen and oxygen atoms in total. The van der Waals surface area contributed by atoms with Crippen LogP contribution < -0.4 is 5.32 Å². The van der Waals surface area contributed by atoms with E-state index in [1.54, 1.807) is 31.0 Å². The number of halogens is 1. The first kappa shape index (κ1) is 14.8. The lowest BCUT2D eigenvalue weighted by molar-refractivity contribution is 0.0592. The maximum atomic E-state index is 13.4. The van der Waals surface area contributed by atoms with Crippen molar-refractivity contribution in [2.75, 3.05) is 32.1 Å². The van der Waals surface area contributed by atoms with Crippen molar-refractivity contribution in [1.29, 1.82) is 0 Å². The molecule has 1 saturated heterocycles. The highest BCUT2D eigenvalue weighted by Crippen LogP contribution is 2.19. The number of benzene rings is 1. The molecule has 2 amide bonds. The van der Waals surface area contributed by atoms with Crippen molar-refractivity contribution in [1.82, 2.24) is 4.90 Å². The number of amides is 2. The number of nitrogens with one attached hydrogen (secondary N) is 1. The zero-order valence-corrected chi connectivity index (χ0v) is 12.0. The summed E-state index contributed by atoms with van der Waals surface area (Å²) in [5, 5.41) is 2.76. The third kappa shape index (κ3) is 3.70. The van der Waals surface area contributed by atoms with Gasteiger partial charge in [0.25, 0.3) is 0 Å². The van der Waals surface area contributed by atoms with Crippen LogP contribution in [0.1, 0.15) is 18.4 Å². The first-order chi connectivity index (χ1) is 9.58. The Hall–Kier alpha value is -1.62. The van der Waals surface area contributed by atoms with E-state index < -0.39 is 0 Å². The summed E-state index contributed by atoms with van der Waals surface area (Å²) in [5.74, 6) is 0.169. The molecule has 1 aliphatic heterocycles. The minimum absolute atomic E-state index is 0.204. The molecular formula is C15H21FN2O2. The second-order valence-electron chi connectivity index (χ2n) is 5.28. The van der Waals surface area contributed by atoms with E-state index in [4.69, 9.17) is 4.74 Å². The molecule has 20 heavy (non-hydrogen) atoms. The Balaban J connectivity index is 1.91. The average molecular weight is 280 g/mol. The zero-order valence-electron chi connectivity index (χ0n) is 12.0. The Morgan fingerprint density at radius 3 is 2.85 bits per heavy atom. The van der Waals surface area contributed by atoms with Gasteiger partial charge in [0.2, 0.25) is 0 Å². The number of ether oxygens (including phenoxy) is 1. The number of carbonyl (C=O) groups is 1. The summed E-state index contributed by atoms with van der Waals surface area (Å²) in [6, 6.07) is 4.48. The Morgan fingerprint density at radius 1 is 1.45 bits per heavy atom. The molecule has 1 aromatic rings. The summed E-state index contributed by atoms with van der Waals surface area (Å²) in [6.45, 7) is 3.89. The van der Waals surface area contributed by atoms with Gasteiger partial charge in [0, 0.05) is 38.1 Å². The SMILES string of the molecule is Cc1c(F)cccc1NC(=O)N(C)CC1CCOCC1. The lowest BCUT2D eigenvalue weighted by Crippen LogP contribution is -2.37. The summed E-state index contributed by atoms with van der Waals surface area (Å²) in [7, 11) is 1.76. The number of carbonyl (C=O) groups excluding carboxylic acids is 1. The van der Waals surface area contributed by atoms with Gasteiger partial charge in [-0.3, -0.25) is 0 Å². The number of urea groups is 1. The fourth-order valence-electron chi connectivity index (χ4n) is 2.35. The van der Waals surface area contributed by atoms with Gasteiger partial charge in [-0.2, -0.15) is 0 Å². The summed E-state index contributed by atoms with van der Waals surface area (Å²) < 4.78 is 18.7. The molecule has 0 unspecified atom stereocenters. The van der Waals surface area contributed by atoms with Gasteiger partial charge in [-0.05, 0) is 37.8 Å². The van der Waals surface area contributed by atoms with Gasteiger partial charge in [-0.1, -0.05) is 6.07 Å². The molecule has 1 fully saturated rings. The van der Waals surface area contributed by atoms with Crippen LogP contribution in [0.25, 0.3) is 0 Å². The summed E-state index contributed by atoms with van der Waals surface area (Å²) in [6.07, 6.45) is 1.97. The number of hydrogen-bond donors (Lipinski definition) is 1. The standard InChI is InChI=1S/C15H21FN2O2/c1-11-13(16)4-3-5-14(11)17-15(19)18(2)10-12-6-8-20-9-7-12/h3-5,12H,6-10H2,1-2H3,(H,17,19). The molecule has 0 radical (unpaired) electrons. The number of hydrogen-bond acceptors (Lipinski definition) is 2. The Labute approximate surface area is 118 Å². The van der Waals surface area contributed by atoms with E-state index in [9.17, 15) is 9.18 Å². The van der Waals surface area contributed by atoms with Crippen LogP contribution in [0.4, 0.5) is 14.9 Å². The van der Waals surface area contributed by atoms with Crippen molar-refractivity contribution in [3.63, 3.8) is 0 Å². The highest BCUT2D eigenvalue weighted by atomic mass is 19.1. The molecule has 0 bridgehead atoms. The number of rotatable bonds is 3. The maximum Gasteiger partial charge on any atom is 0.321 e. The largest absolute Gasteiger partial charge is 0.381 e. The van der Waals surface area contributed by atoms with Crippen molar-refractivity contribution in [3.05, 3.63) is 29.6 Å². The highest BCUT2D eigenvalue weighted by Gasteiger charge is 2.19. The Morgan fingerprint density at radius 2 is 2.15 bits per heavy atom. The van der Waals surface area contributed by atoms with Crippen LogP contribution >= 0.6 is 0 Å². The summed E-state index contributed by atoms with van der Waals surface area (Å²) >= 11 is 0. The van der Waals surface area contributed by atoms with Crippen LogP contribution in [0, 0.1) is 18.7 Å². The molecule has 0 spiro atoms. The predicted molar refractivity (Wildman–Crippen MR) is 76.3 cm³/mol. The van der Waals surface area contributed by atoms with Gasteiger partial charge >= 0.3 is 6.03 Å². The molecule has 5 heteroatoms. The molecule has 0 saturated carbocycles. The number of anilines is 1. The van der Waals surface area contributed by atoms with Crippen LogP contribution in [0.15, 0.2) is 18.2 Å². The first-order valence-electron chi connectivity index (χ1n) is 6.93. The maximum absolute atomic E-state index is 13.4. The van der Waals surface area contributed by atoms with Crippen molar-refractivity contribution < 1.29 is 13.9 Å². The number of nitrogens with zero attached hydrogens (tertiary/aromatic N) is 1. The van der Waals surface area contributed by atoms with E-state index >= 15 is 0 Å². The average Bonchev–Trinajstić information content (AvgIpc) is 2.45. The molecule has 2 rings (SSSR count). The molecule has 1 heterocycles. The molecular weight excluding hydrogens is 259 g/mol. The second-order valence-corrected chi connectivity index (χ2v) is 5.28. The molecule has 0 aliphatic carbocycles. The third-order valence-corrected chi connectivity index (χ3v) is 3.73. The van der Waals surface area contributed by atoms with E-state index in [1.807, 2.05) is 0 Å². The van der Waals surface area contributed by atoms with Gasteiger partial charge in [0.1, 0.15) is 5.82 Å². The third-order valence-electron chi connectivity index (χ3n) is 3.73. The van der Waals surface area contributed by atoms with E-state index in [-0.39, 0.29) is 11.8 Å². The molecule has 0 atom stereocenters. The van der Waals surface area contributed by atoms with Gasteiger partial charge < -0.3 is 15.0 Å². The first-order valence-corrected chi connectivity index (χ1v) is 6.93. The fraction of sp³-hybridized carbons (Fsp3) is 0.533. The van der Waals surface area contributed by atoms with Crippen LogP contribution in [-0.4, -0.2) is 37.7 Å². The van der Waals surface area contributed by atoms with Crippen molar-refractivity contribution in [2.45, 2.75) is 19.8 Å². The van der Waals surface area contributed by atoms with E-state index in [0.717, 1.165) is 26.1 Å². The van der Waals surface area contributed by atoms with E-state index in [1.165, 1.54) is 6.07 Å². The minimum Gasteiger partial charge on any atom is -0.381 e. The predicted octanol–water partition coefficient (Wildman–Crippen LogP) is 3.02. The lowest BCUT2D eigenvalue weighted by atomic mass is 10.00. The van der Waals surface area contributed by atoms with Crippen LogP contribution in [0.5, 0.6) is 0 Å². The van der Waals surface area contributed by atoms with Gasteiger partial charge in [0.15, 0.2) is 0 Å². The quantitative estimate of drug-likeness (QED) is 0.924. The van der Waals surface area contributed by atoms with Gasteiger partial charge in [-0.15, -0.1) is 0 Å². The lowest BCUT2D eigenvalue weighted by Gasteiger charge is -2.27. The summed E-state index contributed by atoms with van der Waals surface area (Å²) in [5.41, 5.74) is 0.981. The summed E-state index contributed by atoms with van der Waals surface area (Å²) in [4.78, 5) is 13.8. The van der Waals surface area contributed by atoms with Crippen LogP contribution in [-0.2, 0) is 4.74 Å². The second kappa shape index (κ2) is 6.70. The normalized spacial score (nSPS) is 15.9. The molecule has 1 aliphatic rings. The van der Waals surface area contributed by atoms with Crippen molar-refractivity contribution in [2.24, 2.45) is 5.92 Å². The Kier molecular flexibility index (Phi) is 4.95. The van der Waals surface area contributed by atoms with Gasteiger partial charge in [0.05, 0.1) is 0 Å². The highest BCUT2D eigenvalue weighted by molar-refractivity contribution is 5.89. The smallest absolute Gasteiger partial charge is 0.321 e. The van der Waals surface area contributed by atoms with Gasteiger partial charge in [-0.25, -0.2) is 9.18 Å². The Bertz CT molecular complexity index is 473. The molecule has 110 valence electrons. The topological polar surface area (TPSA) is 41.6 Å². The molecule has 1 N–H and O–H groups in total. The van der Waals surface area contributed by atoms with E-state index in [2.05, 4.69) is 5.32 Å². The van der Waals surface area contributed by atoms with Crippen LogP contribution in [0.3, 0.4) is 0 Å². The zero-order chi connectivity index (χ0) is 14.5. The van der Waals surface area contributed by atoms with Crippen molar-refractivity contribution in [3.8, 4) is 0 Å². The minimum atomic E-state index is -0.310. The molecule has 0 aromatic heterocycles.